The van der Waals surface area contributed by atoms with Crippen molar-refractivity contribution in [1.82, 2.24) is 0 Å². The number of hydrogen-bond donors (Lipinski definition) is 3. The summed E-state index contributed by atoms with van der Waals surface area (Å²) in [6.45, 7) is 1.84. The summed E-state index contributed by atoms with van der Waals surface area (Å²) in [4.78, 5) is 10.7. The summed E-state index contributed by atoms with van der Waals surface area (Å²) in [6, 6.07) is 5.16. The Morgan fingerprint density at radius 1 is 1.40 bits per heavy atom. The molecule has 1 rings (SSSR count). The Labute approximate surface area is 95.8 Å². The maximum atomic E-state index is 10.7. The predicted octanol–water partition coefficient (Wildman–Crippen LogP) is 0.637. The molecule has 0 aliphatic rings. The molecule has 0 aromatic heterocycles. The molecule has 0 radical (unpaired) electrons. The number of aliphatic hydroxyl groups excluding tert-OH is 2. The van der Waals surface area contributed by atoms with E-state index in [4.69, 9.17) is 5.73 Å². The summed E-state index contributed by atoms with van der Waals surface area (Å²) in [7, 11) is 0. The molecule has 0 saturated carbocycles. The molecule has 15 heavy (non-hydrogen) atoms. The number of primary amides is 1. The van der Waals surface area contributed by atoms with Gasteiger partial charge in [0.05, 0.1) is 0 Å². The van der Waals surface area contributed by atoms with Crippen LogP contribution >= 0.6 is 15.9 Å². The number of halogens is 1. The summed E-state index contributed by atoms with van der Waals surface area (Å²) >= 11 is 3.26. The van der Waals surface area contributed by atoms with Crippen molar-refractivity contribution in [3.05, 3.63) is 33.8 Å². The first-order valence-electron chi connectivity index (χ1n) is 4.34. The molecule has 82 valence electrons. The fraction of sp³-hybridized carbons (Fsp3) is 0.300. The summed E-state index contributed by atoms with van der Waals surface area (Å²) in [5.41, 5.74) is 6.25. The van der Waals surface area contributed by atoms with E-state index in [-0.39, 0.29) is 0 Å². The zero-order valence-corrected chi connectivity index (χ0v) is 9.73. The maximum Gasteiger partial charge on any atom is 0.249 e. The van der Waals surface area contributed by atoms with Crippen molar-refractivity contribution in [3.8, 4) is 0 Å². The van der Waals surface area contributed by atoms with E-state index < -0.39 is 18.1 Å². The van der Waals surface area contributed by atoms with Crippen LogP contribution in [0.3, 0.4) is 0 Å². The number of rotatable bonds is 3. The predicted molar refractivity (Wildman–Crippen MR) is 59.0 cm³/mol. The standard InChI is InChI=1S/C10H12BrNO3/c1-5-2-6(4-7(11)3-5)8(13)9(14)10(12)15/h2-4,8-9,13-14H,1H3,(H2,12,15). The van der Waals surface area contributed by atoms with Crippen molar-refractivity contribution >= 4 is 21.8 Å². The number of aryl methyl sites for hydroxylation is 1. The van der Waals surface area contributed by atoms with Crippen LogP contribution in [0.25, 0.3) is 0 Å². The average molecular weight is 274 g/mol. The number of amides is 1. The minimum atomic E-state index is -1.58. The summed E-state index contributed by atoms with van der Waals surface area (Å²) in [5, 5.41) is 18.9. The van der Waals surface area contributed by atoms with E-state index in [0.717, 1.165) is 10.0 Å². The van der Waals surface area contributed by atoms with Crippen LogP contribution in [0, 0.1) is 6.92 Å². The second-order valence-electron chi connectivity index (χ2n) is 3.35. The molecule has 4 nitrogen and oxygen atoms in total. The fourth-order valence-electron chi connectivity index (χ4n) is 1.27. The van der Waals surface area contributed by atoms with Crippen LogP contribution in [0.1, 0.15) is 17.2 Å². The molecule has 1 amide bonds. The van der Waals surface area contributed by atoms with E-state index in [2.05, 4.69) is 15.9 Å². The molecule has 0 aliphatic carbocycles. The van der Waals surface area contributed by atoms with Crippen LogP contribution in [0.4, 0.5) is 0 Å². The van der Waals surface area contributed by atoms with Gasteiger partial charge in [-0.3, -0.25) is 4.79 Å². The van der Waals surface area contributed by atoms with E-state index in [1.807, 2.05) is 13.0 Å². The van der Waals surface area contributed by atoms with Crippen molar-refractivity contribution in [1.29, 1.82) is 0 Å². The van der Waals surface area contributed by atoms with Crippen LogP contribution in [0.5, 0.6) is 0 Å². The highest BCUT2D eigenvalue weighted by Gasteiger charge is 2.23. The van der Waals surface area contributed by atoms with Gasteiger partial charge in [0.25, 0.3) is 0 Å². The number of aliphatic hydroxyl groups is 2. The molecular formula is C10H12BrNO3. The summed E-state index contributed by atoms with van der Waals surface area (Å²) < 4.78 is 0.772. The highest BCUT2D eigenvalue weighted by molar-refractivity contribution is 9.10. The Bertz CT molecular complexity index is 361. The Hall–Kier alpha value is -0.910. The maximum absolute atomic E-state index is 10.7. The van der Waals surface area contributed by atoms with Gasteiger partial charge in [-0.25, -0.2) is 0 Å². The fourth-order valence-corrected chi connectivity index (χ4v) is 1.90. The van der Waals surface area contributed by atoms with Gasteiger partial charge in [-0.15, -0.1) is 0 Å². The van der Waals surface area contributed by atoms with E-state index >= 15 is 0 Å². The molecule has 1 aromatic carbocycles. The van der Waals surface area contributed by atoms with Gasteiger partial charge in [0.1, 0.15) is 6.10 Å². The lowest BCUT2D eigenvalue weighted by Gasteiger charge is -2.15. The Balaban J connectivity index is 3.00. The Morgan fingerprint density at radius 2 is 2.00 bits per heavy atom. The van der Waals surface area contributed by atoms with Crippen LogP contribution in [0.15, 0.2) is 22.7 Å². The Kier molecular flexibility index (Phi) is 3.84. The van der Waals surface area contributed by atoms with Crippen molar-refractivity contribution in [3.63, 3.8) is 0 Å². The first-order chi connectivity index (χ1) is 6.91. The highest BCUT2D eigenvalue weighted by atomic mass is 79.9. The third-order valence-corrected chi connectivity index (χ3v) is 2.45. The molecule has 0 aliphatic heterocycles. The largest absolute Gasteiger partial charge is 0.385 e. The molecular weight excluding hydrogens is 262 g/mol. The molecule has 0 fully saturated rings. The van der Waals surface area contributed by atoms with Crippen molar-refractivity contribution in [2.24, 2.45) is 5.73 Å². The number of carbonyl (C=O) groups excluding carboxylic acids is 1. The SMILES string of the molecule is Cc1cc(Br)cc(C(O)C(O)C(N)=O)c1. The number of hydrogen-bond acceptors (Lipinski definition) is 3. The van der Waals surface area contributed by atoms with E-state index in [0.29, 0.717) is 5.56 Å². The van der Waals surface area contributed by atoms with Gasteiger partial charge in [0.15, 0.2) is 6.10 Å². The van der Waals surface area contributed by atoms with Crippen molar-refractivity contribution < 1.29 is 15.0 Å². The van der Waals surface area contributed by atoms with E-state index in [1.165, 1.54) is 0 Å². The van der Waals surface area contributed by atoms with Crippen LogP contribution < -0.4 is 5.73 Å². The third kappa shape index (κ3) is 3.02. The topological polar surface area (TPSA) is 83.6 Å². The first kappa shape index (κ1) is 12.2. The second-order valence-corrected chi connectivity index (χ2v) is 4.27. The van der Waals surface area contributed by atoms with Crippen molar-refractivity contribution in [2.45, 2.75) is 19.1 Å². The normalized spacial score (nSPS) is 14.7. The monoisotopic (exact) mass is 273 g/mol. The minimum Gasteiger partial charge on any atom is -0.385 e. The molecule has 2 unspecified atom stereocenters. The van der Waals surface area contributed by atoms with Gasteiger partial charge in [0, 0.05) is 4.47 Å². The van der Waals surface area contributed by atoms with Gasteiger partial charge in [-0.2, -0.15) is 0 Å². The van der Waals surface area contributed by atoms with Crippen LogP contribution in [-0.2, 0) is 4.79 Å². The molecule has 1 aromatic rings. The molecule has 4 N–H and O–H groups in total. The van der Waals surface area contributed by atoms with E-state index in [1.54, 1.807) is 12.1 Å². The van der Waals surface area contributed by atoms with Crippen LogP contribution in [-0.4, -0.2) is 22.2 Å². The molecule has 0 saturated heterocycles. The molecule has 0 bridgehead atoms. The van der Waals surface area contributed by atoms with E-state index in [9.17, 15) is 15.0 Å². The smallest absolute Gasteiger partial charge is 0.249 e. The second kappa shape index (κ2) is 4.74. The van der Waals surface area contributed by atoms with Gasteiger partial charge in [-0.1, -0.05) is 22.0 Å². The molecule has 0 spiro atoms. The lowest BCUT2D eigenvalue weighted by atomic mass is 10.0. The lowest BCUT2D eigenvalue weighted by molar-refractivity contribution is -0.131. The molecule has 5 heteroatoms. The number of benzene rings is 1. The Morgan fingerprint density at radius 3 is 2.47 bits per heavy atom. The number of carbonyl (C=O) groups is 1. The lowest BCUT2D eigenvalue weighted by Crippen LogP contribution is -2.33. The molecule has 2 atom stereocenters. The van der Waals surface area contributed by atoms with Gasteiger partial charge in [0.2, 0.25) is 5.91 Å². The average Bonchev–Trinajstić information content (AvgIpc) is 2.13. The zero-order valence-electron chi connectivity index (χ0n) is 8.14. The third-order valence-electron chi connectivity index (χ3n) is 2.00. The summed E-state index contributed by atoms with van der Waals surface area (Å²) in [6.07, 6.45) is -2.88. The van der Waals surface area contributed by atoms with Gasteiger partial charge in [-0.05, 0) is 30.2 Å². The minimum absolute atomic E-state index is 0.452. The number of nitrogens with two attached hydrogens (primary N) is 1. The quantitative estimate of drug-likeness (QED) is 0.756. The zero-order chi connectivity index (χ0) is 11.6. The summed E-state index contributed by atoms with van der Waals surface area (Å²) in [5.74, 6) is -0.944. The molecule has 0 heterocycles. The van der Waals surface area contributed by atoms with Crippen molar-refractivity contribution in [2.75, 3.05) is 0 Å². The highest BCUT2D eigenvalue weighted by Crippen LogP contribution is 2.22. The van der Waals surface area contributed by atoms with Crippen LogP contribution in [0.2, 0.25) is 0 Å². The van der Waals surface area contributed by atoms with Gasteiger partial charge >= 0.3 is 0 Å². The van der Waals surface area contributed by atoms with Gasteiger partial charge < -0.3 is 15.9 Å². The first-order valence-corrected chi connectivity index (χ1v) is 5.13.